The Kier molecular flexibility index (Phi) is 5.92. The zero-order valence-electron chi connectivity index (χ0n) is 13.9. The number of aryl methyl sites for hydroxylation is 2. The Labute approximate surface area is 144 Å². The number of nitrogens with zero attached hydrogens (tertiary/aromatic N) is 1. The first kappa shape index (κ1) is 17.9. The van der Waals surface area contributed by atoms with E-state index in [4.69, 9.17) is 4.74 Å². The van der Waals surface area contributed by atoms with Crippen molar-refractivity contribution in [2.75, 3.05) is 5.32 Å². The molecular formula is C17H20N2O4S. The van der Waals surface area contributed by atoms with Crippen LogP contribution in [0.15, 0.2) is 34.4 Å². The number of benzene rings is 1. The van der Waals surface area contributed by atoms with Crippen LogP contribution in [-0.4, -0.2) is 22.5 Å². The molecule has 1 N–H and O–H groups in total. The first-order valence-corrected chi connectivity index (χ1v) is 8.46. The summed E-state index contributed by atoms with van der Waals surface area (Å²) in [5.41, 5.74) is 2.54. The van der Waals surface area contributed by atoms with Gasteiger partial charge in [0.15, 0.2) is 6.10 Å². The normalized spacial score (nSPS) is 11.8. The average Bonchev–Trinajstić information content (AvgIpc) is 2.86. The molecule has 0 aliphatic heterocycles. The molecule has 0 saturated carbocycles. The lowest BCUT2D eigenvalue weighted by atomic mass is 10.2. The minimum atomic E-state index is -0.904. The van der Waals surface area contributed by atoms with Gasteiger partial charge in [-0.3, -0.25) is 14.4 Å². The molecule has 1 amide bonds. The second kappa shape index (κ2) is 7.92. The molecule has 0 aliphatic rings. The van der Waals surface area contributed by atoms with E-state index < -0.39 is 18.0 Å². The molecule has 6 nitrogen and oxygen atoms in total. The van der Waals surface area contributed by atoms with Crippen molar-refractivity contribution in [3.63, 3.8) is 0 Å². The van der Waals surface area contributed by atoms with Crippen LogP contribution in [0.5, 0.6) is 0 Å². The maximum atomic E-state index is 12.0. The summed E-state index contributed by atoms with van der Waals surface area (Å²) in [6.45, 7) is 5.53. The van der Waals surface area contributed by atoms with Crippen molar-refractivity contribution in [2.24, 2.45) is 0 Å². The molecule has 0 unspecified atom stereocenters. The van der Waals surface area contributed by atoms with E-state index in [0.29, 0.717) is 5.69 Å². The van der Waals surface area contributed by atoms with Crippen LogP contribution in [-0.2, 0) is 20.9 Å². The third-order valence-corrected chi connectivity index (χ3v) is 4.39. The lowest BCUT2D eigenvalue weighted by Crippen LogP contribution is -2.30. The number of aromatic nitrogens is 1. The van der Waals surface area contributed by atoms with Crippen molar-refractivity contribution < 1.29 is 14.3 Å². The van der Waals surface area contributed by atoms with E-state index in [0.717, 1.165) is 22.6 Å². The van der Waals surface area contributed by atoms with Gasteiger partial charge < -0.3 is 14.6 Å². The van der Waals surface area contributed by atoms with E-state index in [1.54, 1.807) is 24.4 Å². The van der Waals surface area contributed by atoms with Crippen LogP contribution < -0.4 is 10.2 Å². The number of carbonyl (C=O) groups excluding carboxylic acids is 2. The van der Waals surface area contributed by atoms with Crippen LogP contribution in [0.25, 0.3) is 0 Å². The third-order valence-electron chi connectivity index (χ3n) is 3.51. The van der Waals surface area contributed by atoms with Gasteiger partial charge >= 0.3 is 10.8 Å². The molecule has 0 spiro atoms. The number of thiazole rings is 1. The summed E-state index contributed by atoms with van der Waals surface area (Å²) in [5, 5.41) is 4.43. The summed E-state index contributed by atoms with van der Waals surface area (Å²) in [4.78, 5) is 35.4. The van der Waals surface area contributed by atoms with E-state index >= 15 is 0 Å². The number of carbonyl (C=O) groups is 2. The largest absolute Gasteiger partial charge is 0.452 e. The Morgan fingerprint density at radius 3 is 2.50 bits per heavy atom. The van der Waals surface area contributed by atoms with E-state index in [2.05, 4.69) is 5.32 Å². The summed E-state index contributed by atoms with van der Waals surface area (Å²) in [6.07, 6.45) is -0.862. The molecule has 0 bridgehead atoms. The highest BCUT2D eigenvalue weighted by molar-refractivity contribution is 7.07. The van der Waals surface area contributed by atoms with Crippen LogP contribution >= 0.6 is 11.3 Å². The highest BCUT2D eigenvalue weighted by atomic mass is 32.1. The van der Waals surface area contributed by atoms with Gasteiger partial charge in [0.2, 0.25) is 0 Å². The van der Waals surface area contributed by atoms with E-state index in [-0.39, 0.29) is 17.8 Å². The van der Waals surface area contributed by atoms with Gasteiger partial charge in [-0.2, -0.15) is 0 Å². The minimum absolute atomic E-state index is 0.0413. The second-order valence-electron chi connectivity index (χ2n) is 5.53. The average molecular weight is 348 g/mol. The molecule has 7 heteroatoms. The molecule has 1 aromatic heterocycles. The summed E-state index contributed by atoms with van der Waals surface area (Å²) in [6, 6.07) is 7.33. The zero-order chi connectivity index (χ0) is 17.7. The van der Waals surface area contributed by atoms with Crippen molar-refractivity contribution in [2.45, 2.75) is 39.8 Å². The maximum absolute atomic E-state index is 12.0. The number of rotatable bonds is 6. The number of esters is 1. The maximum Gasteiger partial charge on any atom is 0.308 e. The number of amides is 1. The fourth-order valence-electron chi connectivity index (χ4n) is 2.07. The third kappa shape index (κ3) is 4.79. The monoisotopic (exact) mass is 348 g/mol. The number of ether oxygens (including phenoxy) is 1. The molecule has 0 fully saturated rings. The second-order valence-corrected chi connectivity index (χ2v) is 6.35. The van der Waals surface area contributed by atoms with Gasteiger partial charge in [-0.05, 0) is 32.9 Å². The Hall–Kier alpha value is -2.41. The molecule has 1 aromatic carbocycles. The van der Waals surface area contributed by atoms with Gasteiger partial charge in [0.1, 0.15) is 0 Å². The van der Waals surface area contributed by atoms with Crippen molar-refractivity contribution >= 4 is 28.9 Å². The van der Waals surface area contributed by atoms with Crippen LogP contribution in [0.3, 0.4) is 0 Å². The van der Waals surface area contributed by atoms with Crippen LogP contribution in [0.2, 0.25) is 0 Å². The molecule has 1 heterocycles. The van der Waals surface area contributed by atoms with E-state index in [1.807, 2.05) is 19.1 Å². The Balaban J connectivity index is 1.83. The van der Waals surface area contributed by atoms with Gasteiger partial charge in [-0.1, -0.05) is 29.0 Å². The Bertz CT molecular complexity index is 777. The number of anilines is 1. The number of nitrogens with one attached hydrogen (secondary N) is 1. The topological polar surface area (TPSA) is 77.4 Å². The van der Waals surface area contributed by atoms with Gasteiger partial charge in [0.25, 0.3) is 5.91 Å². The first-order chi connectivity index (χ1) is 11.4. The molecule has 0 aliphatic carbocycles. The summed E-state index contributed by atoms with van der Waals surface area (Å²) >= 11 is 1.09. The quantitative estimate of drug-likeness (QED) is 0.814. The molecule has 2 aromatic rings. The van der Waals surface area contributed by atoms with E-state index in [9.17, 15) is 14.4 Å². The molecule has 24 heavy (non-hydrogen) atoms. The first-order valence-electron chi connectivity index (χ1n) is 7.59. The summed E-state index contributed by atoms with van der Waals surface area (Å²) < 4.78 is 6.64. The molecule has 2 rings (SSSR count). The highest BCUT2D eigenvalue weighted by Crippen LogP contribution is 2.10. The Morgan fingerprint density at radius 1 is 1.25 bits per heavy atom. The van der Waals surface area contributed by atoms with Crippen LogP contribution in [0.1, 0.15) is 24.6 Å². The van der Waals surface area contributed by atoms with Crippen LogP contribution in [0.4, 0.5) is 5.69 Å². The predicted octanol–water partition coefficient (Wildman–Crippen LogP) is 2.49. The smallest absolute Gasteiger partial charge is 0.308 e. The lowest BCUT2D eigenvalue weighted by molar-refractivity contribution is -0.153. The van der Waals surface area contributed by atoms with Crippen molar-refractivity contribution in [3.05, 3.63) is 50.6 Å². The molecule has 0 saturated heterocycles. The lowest BCUT2D eigenvalue weighted by Gasteiger charge is -2.14. The molecule has 1 atom stereocenters. The Morgan fingerprint density at radius 2 is 1.92 bits per heavy atom. The SMILES string of the molecule is Cc1ccc(NC(=O)[C@@H](C)OC(=O)CCn2c(C)csc2=O)cc1. The van der Waals surface area contributed by atoms with Crippen LogP contribution in [0, 0.1) is 13.8 Å². The molecule has 0 radical (unpaired) electrons. The summed E-state index contributed by atoms with van der Waals surface area (Å²) in [5.74, 6) is -0.907. The molecule has 128 valence electrons. The standard InChI is InChI=1S/C17H20N2O4S/c1-11-4-6-14(7-5-11)18-16(21)13(3)23-15(20)8-9-19-12(2)10-24-17(19)22/h4-7,10,13H,8-9H2,1-3H3,(H,18,21)/t13-/m1/s1. The van der Waals surface area contributed by atoms with Crippen molar-refractivity contribution in [3.8, 4) is 0 Å². The number of hydrogen-bond donors (Lipinski definition) is 1. The number of hydrogen-bond acceptors (Lipinski definition) is 5. The van der Waals surface area contributed by atoms with Crippen molar-refractivity contribution in [1.82, 2.24) is 4.57 Å². The summed E-state index contributed by atoms with van der Waals surface area (Å²) in [7, 11) is 0. The minimum Gasteiger partial charge on any atom is -0.452 e. The fraction of sp³-hybridized carbons (Fsp3) is 0.353. The van der Waals surface area contributed by atoms with E-state index in [1.165, 1.54) is 11.5 Å². The fourth-order valence-corrected chi connectivity index (χ4v) is 2.83. The molecular weight excluding hydrogens is 328 g/mol. The predicted molar refractivity (Wildman–Crippen MR) is 93.3 cm³/mol. The van der Waals surface area contributed by atoms with Gasteiger partial charge in [-0.25, -0.2) is 0 Å². The van der Waals surface area contributed by atoms with Gasteiger partial charge in [0.05, 0.1) is 6.42 Å². The van der Waals surface area contributed by atoms with Crippen molar-refractivity contribution in [1.29, 1.82) is 0 Å². The highest BCUT2D eigenvalue weighted by Gasteiger charge is 2.18. The zero-order valence-corrected chi connectivity index (χ0v) is 14.7. The van der Waals surface area contributed by atoms with Gasteiger partial charge in [0, 0.05) is 23.3 Å². The van der Waals surface area contributed by atoms with Gasteiger partial charge in [-0.15, -0.1) is 0 Å².